The molecule has 0 saturated carbocycles. The van der Waals surface area contributed by atoms with Gasteiger partial charge in [-0.25, -0.2) is 0 Å². The van der Waals surface area contributed by atoms with Gasteiger partial charge in [-0.2, -0.15) is 0 Å². The molecule has 0 saturated heterocycles. The Balaban J connectivity index is 2.15. The molecule has 0 aliphatic heterocycles. The number of hydrogen-bond donors (Lipinski definition) is 1. The lowest BCUT2D eigenvalue weighted by atomic mass is 10.2. The van der Waals surface area contributed by atoms with Crippen LogP contribution in [0.1, 0.15) is 0 Å². The average Bonchev–Trinajstić information content (AvgIpc) is 2.90. The first-order valence-electron chi connectivity index (χ1n) is 5.86. The molecule has 1 N–H and O–H groups in total. The molecule has 0 atom stereocenters. The number of benzene rings is 2. The van der Waals surface area contributed by atoms with Gasteiger partial charge in [-0.05, 0) is 18.2 Å². The molecule has 2 aromatic carbocycles. The molecule has 0 fully saturated rings. The summed E-state index contributed by atoms with van der Waals surface area (Å²) in [5.74, 6) is 0.693. The molecule has 0 aliphatic rings. The summed E-state index contributed by atoms with van der Waals surface area (Å²) in [7, 11) is 0. The van der Waals surface area contributed by atoms with Crippen LogP contribution in [-0.4, -0.2) is 4.98 Å². The van der Waals surface area contributed by atoms with Crippen molar-refractivity contribution in [1.82, 2.24) is 4.98 Å². The van der Waals surface area contributed by atoms with Crippen LogP contribution in [0.15, 0.2) is 28.9 Å². The van der Waals surface area contributed by atoms with Gasteiger partial charge in [0.05, 0.1) is 15.1 Å². The smallest absolute Gasteiger partial charge is 0.167 e. The number of rotatable bonds is 2. The second kappa shape index (κ2) is 6.31. The van der Waals surface area contributed by atoms with Gasteiger partial charge in [0.2, 0.25) is 0 Å². The average molecular weight is 460 g/mol. The van der Waals surface area contributed by atoms with Gasteiger partial charge in [0.25, 0.3) is 0 Å². The fourth-order valence-electron chi connectivity index (χ4n) is 1.94. The monoisotopic (exact) mass is 457 g/mol. The third kappa shape index (κ3) is 2.79. The van der Waals surface area contributed by atoms with Gasteiger partial charge >= 0.3 is 0 Å². The highest BCUT2D eigenvalue weighted by molar-refractivity contribution is 9.10. The number of nitrogens with one attached hydrogen (secondary N) is 1. The van der Waals surface area contributed by atoms with Crippen molar-refractivity contribution in [3.63, 3.8) is 0 Å². The van der Waals surface area contributed by atoms with E-state index in [4.69, 9.17) is 62.7 Å². The van der Waals surface area contributed by atoms with Crippen LogP contribution in [0, 0.1) is 0 Å². The number of ether oxygens (including phenoxy) is 1. The Bertz CT molecular complexity index is 864. The predicted molar refractivity (Wildman–Crippen MR) is 97.6 cm³/mol. The van der Waals surface area contributed by atoms with Crippen LogP contribution in [0.4, 0.5) is 0 Å². The largest absolute Gasteiger partial charge is 0.452 e. The molecule has 8 heteroatoms. The van der Waals surface area contributed by atoms with Crippen molar-refractivity contribution in [2.24, 2.45) is 0 Å². The van der Waals surface area contributed by atoms with E-state index in [0.29, 0.717) is 5.75 Å². The summed E-state index contributed by atoms with van der Waals surface area (Å²) in [6.07, 6.45) is 1.69. The van der Waals surface area contributed by atoms with Crippen LogP contribution in [0.25, 0.3) is 10.9 Å². The Morgan fingerprint density at radius 1 is 0.864 bits per heavy atom. The Labute approximate surface area is 159 Å². The number of halogens is 6. The Morgan fingerprint density at radius 3 is 2.09 bits per heavy atom. The van der Waals surface area contributed by atoms with Gasteiger partial charge in [-0.15, -0.1) is 0 Å². The van der Waals surface area contributed by atoms with Crippen molar-refractivity contribution in [2.75, 3.05) is 0 Å². The van der Waals surface area contributed by atoms with Crippen LogP contribution < -0.4 is 4.74 Å². The van der Waals surface area contributed by atoms with Crippen molar-refractivity contribution in [1.29, 1.82) is 0 Å². The van der Waals surface area contributed by atoms with E-state index in [0.717, 1.165) is 15.4 Å². The summed E-state index contributed by atoms with van der Waals surface area (Å²) in [6, 6.07) is 5.73. The normalized spacial score (nSPS) is 11.2. The van der Waals surface area contributed by atoms with E-state index < -0.39 is 0 Å². The van der Waals surface area contributed by atoms with E-state index >= 15 is 0 Å². The van der Waals surface area contributed by atoms with E-state index in [1.807, 2.05) is 18.2 Å². The second-order valence-corrected chi connectivity index (χ2v) is 7.15. The number of fused-ring (bicyclic) bond motifs is 1. The molecule has 0 bridgehead atoms. The molecule has 3 aromatic rings. The molecule has 0 radical (unpaired) electrons. The van der Waals surface area contributed by atoms with E-state index in [2.05, 4.69) is 20.9 Å². The van der Waals surface area contributed by atoms with Crippen molar-refractivity contribution in [3.8, 4) is 11.5 Å². The van der Waals surface area contributed by atoms with Crippen molar-refractivity contribution in [2.45, 2.75) is 0 Å². The molecular formula is C14H5BrCl5NO. The van der Waals surface area contributed by atoms with Crippen LogP contribution in [-0.2, 0) is 0 Å². The Kier molecular flexibility index (Phi) is 4.75. The summed E-state index contributed by atoms with van der Waals surface area (Å²) in [5.41, 5.74) is 0.900. The first-order chi connectivity index (χ1) is 10.4. The van der Waals surface area contributed by atoms with Gasteiger partial charge < -0.3 is 9.72 Å². The standard InChI is InChI=1S/C14H5BrCl5NO/c15-5-1-2-7-6(3-5)8(4-21-7)22-14-12(19)10(17)9(16)11(18)13(14)20/h1-4,21H. The lowest BCUT2D eigenvalue weighted by Crippen LogP contribution is -1.89. The summed E-state index contributed by atoms with van der Waals surface area (Å²) in [5, 5.41) is 1.33. The number of hydrogen-bond acceptors (Lipinski definition) is 1. The fraction of sp³-hybridized carbons (Fsp3) is 0. The van der Waals surface area contributed by atoms with Crippen LogP contribution in [0.3, 0.4) is 0 Å². The molecule has 0 unspecified atom stereocenters. The molecule has 2 nitrogen and oxygen atoms in total. The van der Waals surface area contributed by atoms with Crippen LogP contribution in [0.2, 0.25) is 25.1 Å². The molecule has 0 amide bonds. The molecule has 0 aliphatic carbocycles. The van der Waals surface area contributed by atoms with E-state index in [-0.39, 0.29) is 30.9 Å². The number of aromatic amines is 1. The minimum absolute atomic E-state index is 0.0901. The summed E-state index contributed by atoms with van der Waals surface area (Å²) >= 11 is 33.8. The minimum atomic E-state index is 0.0901. The summed E-state index contributed by atoms with van der Waals surface area (Å²) in [6.45, 7) is 0. The summed E-state index contributed by atoms with van der Waals surface area (Å²) in [4.78, 5) is 3.09. The van der Waals surface area contributed by atoms with Gasteiger partial charge in [0.15, 0.2) is 11.5 Å². The van der Waals surface area contributed by atoms with Gasteiger partial charge in [-0.1, -0.05) is 73.9 Å². The van der Waals surface area contributed by atoms with Crippen LogP contribution >= 0.6 is 73.9 Å². The Morgan fingerprint density at radius 2 is 1.45 bits per heavy atom. The fourth-order valence-corrected chi connectivity index (χ4v) is 3.50. The lowest BCUT2D eigenvalue weighted by Gasteiger charge is -2.12. The summed E-state index contributed by atoms with van der Waals surface area (Å²) < 4.78 is 6.73. The molecular weight excluding hydrogens is 455 g/mol. The van der Waals surface area contributed by atoms with Crippen molar-refractivity contribution in [3.05, 3.63) is 54.0 Å². The van der Waals surface area contributed by atoms with Gasteiger partial charge in [0, 0.05) is 21.6 Å². The molecule has 114 valence electrons. The van der Waals surface area contributed by atoms with E-state index in [1.165, 1.54) is 0 Å². The molecule has 0 spiro atoms. The highest BCUT2D eigenvalue weighted by Gasteiger charge is 2.22. The molecule has 22 heavy (non-hydrogen) atoms. The molecule has 3 rings (SSSR count). The lowest BCUT2D eigenvalue weighted by molar-refractivity contribution is 0.489. The van der Waals surface area contributed by atoms with E-state index in [9.17, 15) is 0 Å². The number of aromatic nitrogens is 1. The zero-order chi connectivity index (χ0) is 16.0. The highest BCUT2D eigenvalue weighted by Crippen LogP contribution is 2.50. The zero-order valence-electron chi connectivity index (χ0n) is 10.5. The third-order valence-electron chi connectivity index (χ3n) is 2.99. The first kappa shape index (κ1) is 16.6. The number of H-pyrrole nitrogens is 1. The van der Waals surface area contributed by atoms with Crippen LogP contribution in [0.5, 0.6) is 11.5 Å². The SMILES string of the molecule is Clc1c(Cl)c(Cl)c(Oc2c[nH]c3ccc(Br)cc23)c(Cl)c1Cl. The third-order valence-corrected chi connectivity index (χ3v) is 5.72. The minimum Gasteiger partial charge on any atom is -0.452 e. The molecule has 1 heterocycles. The van der Waals surface area contributed by atoms with Gasteiger partial charge in [-0.3, -0.25) is 0 Å². The zero-order valence-corrected chi connectivity index (χ0v) is 15.9. The maximum atomic E-state index is 6.17. The maximum Gasteiger partial charge on any atom is 0.167 e. The Hall–Kier alpha value is -0.290. The predicted octanol–water partition coefficient (Wildman–Crippen LogP) is 7.99. The van der Waals surface area contributed by atoms with Crippen molar-refractivity contribution >= 4 is 84.8 Å². The second-order valence-electron chi connectivity index (χ2n) is 4.34. The highest BCUT2D eigenvalue weighted by atomic mass is 79.9. The maximum absolute atomic E-state index is 6.17. The van der Waals surface area contributed by atoms with Gasteiger partial charge in [0.1, 0.15) is 10.0 Å². The quantitative estimate of drug-likeness (QED) is 0.304. The first-order valence-corrected chi connectivity index (χ1v) is 8.54. The molecule has 1 aromatic heterocycles. The van der Waals surface area contributed by atoms with E-state index in [1.54, 1.807) is 6.20 Å². The van der Waals surface area contributed by atoms with Crippen molar-refractivity contribution < 1.29 is 4.74 Å². The topological polar surface area (TPSA) is 25.0 Å².